The Kier molecular flexibility index (Phi) is 3.75. The van der Waals surface area contributed by atoms with E-state index in [1.54, 1.807) is 11.1 Å². The van der Waals surface area contributed by atoms with Gasteiger partial charge in [0.2, 0.25) is 0 Å². The molecule has 4 rings (SSSR count). The first-order valence-electron chi connectivity index (χ1n) is 8.76. The number of fused-ring (bicyclic) bond motifs is 3. The van der Waals surface area contributed by atoms with Gasteiger partial charge in [0.05, 0.1) is 0 Å². The van der Waals surface area contributed by atoms with Crippen LogP contribution in [0.5, 0.6) is 0 Å². The van der Waals surface area contributed by atoms with Crippen molar-refractivity contribution in [2.45, 2.75) is 44.1 Å². The summed E-state index contributed by atoms with van der Waals surface area (Å²) in [6.45, 7) is 4.84. The lowest BCUT2D eigenvalue weighted by Crippen LogP contribution is -2.37. The van der Waals surface area contributed by atoms with Gasteiger partial charge in [-0.15, -0.1) is 0 Å². The minimum Gasteiger partial charge on any atom is -0.300 e. The van der Waals surface area contributed by atoms with Gasteiger partial charge < -0.3 is 0 Å². The van der Waals surface area contributed by atoms with E-state index in [9.17, 15) is 0 Å². The third-order valence-corrected chi connectivity index (χ3v) is 5.62. The molecular formula is C21H25N. The van der Waals surface area contributed by atoms with Gasteiger partial charge in [-0.05, 0) is 49.0 Å². The van der Waals surface area contributed by atoms with Crippen molar-refractivity contribution in [1.82, 2.24) is 4.90 Å². The molecule has 1 aliphatic carbocycles. The second-order valence-electron chi connectivity index (χ2n) is 6.83. The zero-order valence-electron chi connectivity index (χ0n) is 13.4. The third-order valence-electron chi connectivity index (χ3n) is 5.62. The molecule has 1 fully saturated rings. The molecule has 1 nitrogen and oxygen atoms in total. The van der Waals surface area contributed by atoms with E-state index in [0.717, 1.165) is 12.0 Å². The maximum Gasteiger partial charge on any atom is 0.0174 e. The molecule has 2 aromatic carbocycles. The first kappa shape index (κ1) is 14.0. The van der Waals surface area contributed by atoms with E-state index in [-0.39, 0.29) is 0 Å². The average Bonchev–Trinajstić information content (AvgIpc) is 2.98. The van der Waals surface area contributed by atoms with Crippen molar-refractivity contribution in [3.8, 4) is 0 Å². The summed E-state index contributed by atoms with van der Waals surface area (Å²) in [4.78, 5) is 2.75. The van der Waals surface area contributed by atoms with Crippen LogP contribution in [-0.4, -0.2) is 24.0 Å². The van der Waals surface area contributed by atoms with Gasteiger partial charge in [-0.25, -0.2) is 0 Å². The maximum atomic E-state index is 2.75. The summed E-state index contributed by atoms with van der Waals surface area (Å²) < 4.78 is 0. The molecule has 2 aliphatic rings. The van der Waals surface area contributed by atoms with Crippen molar-refractivity contribution in [2.24, 2.45) is 0 Å². The van der Waals surface area contributed by atoms with Crippen molar-refractivity contribution in [3.05, 3.63) is 71.3 Å². The van der Waals surface area contributed by atoms with E-state index in [0.29, 0.717) is 5.92 Å². The van der Waals surface area contributed by atoms with E-state index in [2.05, 4.69) is 66.4 Å². The van der Waals surface area contributed by atoms with Crippen LogP contribution in [0.1, 0.15) is 54.7 Å². The number of rotatable bonds is 3. The predicted molar refractivity (Wildman–Crippen MR) is 92.4 cm³/mol. The minimum atomic E-state index is 0.566. The molecule has 0 N–H and O–H groups in total. The lowest BCUT2D eigenvalue weighted by molar-refractivity contribution is 0.220. The van der Waals surface area contributed by atoms with Crippen LogP contribution in [-0.2, 0) is 0 Å². The highest BCUT2D eigenvalue weighted by Gasteiger charge is 2.41. The fraction of sp³-hybridized carbons (Fsp3) is 0.429. The van der Waals surface area contributed by atoms with Gasteiger partial charge in [0.15, 0.2) is 0 Å². The number of likely N-dealkylation sites (tertiary alicyclic amines) is 1. The van der Waals surface area contributed by atoms with Crippen molar-refractivity contribution < 1.29 is 0 Å². The van der Waals surface area contributed by atoms with E-state index in [4.69, 9.17) is 0 Å². The van der Waals surface area contributed by atoms with Crippen molar-refractivity contribution in [2.75, 3.05) is 13.1 Å². The zero-order chi connectivity index (χ0) is 14.9. The summed E-state index contributed by atoms with van der Waals surface area (Å²) in [5.41, 5.74) is 4.68. The average molecular weight is 291 g/mol. The highest BCUT2D eigenvalue weighted by molar-refractivity contribution is 5.44. The van der Waals surface area contributed by atoms with Crippen LogP contribution in [0.3, 0.4) is 0 Å². The Morgan fingerprint density at radius 1 is 0.955 bits per heavy atom. The van der Waals surface area contributed by atoms with Gasteiger partial charge in [0.1, 0.15) is 0 Å². The first-order chi connectivity index (χ1) is 10.9. The van der Waals surface area contributed by atoms with Gasteiger partial charge in [-0.2, -0.15) is 0 Å². The van der Waals surface area contributed by atoms with Crippen LogP contribution >= 0.6 is 0 Å². The number of hydrogen-bond donors (Lipinski definition) is 0. The number of hydrogen-bond acceptors (Lipinski definition) is 1. The lowest BCUT2D eigenvalue weighted by Gasteiger charge is -2.38. The summed E-state index contributed by atoms with van der Waals surface area (Å²) in [5, 5.41) is 0. The molecule has 0 saturated carbocycles. The highest BCUT2D eigenvalue weighted by Crippen LogP contribution is 2.48. The van der Waals surface area contributed by atoms with Crippen LogP contribution in [0.15, 0.2) is 54.6 Å². The van der Waals surface area contributed by atoms with E-state index in [1.165, 1.54) is 37.9 Å². The van der Waals surface area contributed by atoms with E-state index in [1.807, 2.05) is 0 Å². The molecule has 2 aromatic rings. The van der Waals surface area contributed by atoms with Crippen molar-refractivity contribution in [1.29, 1.82) is 0 Å². The summed E-state index contributed by atoms with van der Waals surface area (Å²) >= 11 is 0. The Morgan fingerprint density at radius 2 is 1.68 bits per heavy atom. The van der Waals surface area contributed by atoms with Gasteiger partial charge >= 0.3 is 0 Å². The monoisotopic (exact) mass is 291 g/mol. The van der Waals surface area contributed by atoms with Crippen LogP contribution < -0.4 is 0 Å². The first-order valence-corrected chi connectivity index (χ1v) is 8.76. The number of nitrogens with zero attached hydrogens (tertiary/aromatic N) is 1. The predicted octanol–water partition coefficient (Wildman–Crippen LogP) is 4.79. The Hall–Kier alpha value is -1.60. The molecule has 0 amide bonds. The summed E-state index contributed by atoms with van der Waals surface area (Å²) in [7, 11) is 0. The van der Waals surface area contributed by atoms with Crippen LogP contribution in [0, 0.1) is 0 Å². The topological polar surface area (TPSA) is 3.24 Å². The molecular weight excluding hydrogens is 266 g/mol. The molecule has 1 heterocycles. The molecule has 1 saturated heterocycles. The Balaban J connectivity index is 1.76. The lowest BCUT2D eigenvalue weighted by atomic mass is 9.71. The van der Waals surface area contributed by atoms with E-state index >= 15 is 0 Å². The fourth-order valence-corrected chi connectivity index (χ4v) is 4.69. The summed E-state index contributed by atoms with van der Waals surface area (Å²) in [6.07, 6.45) is 3.88. The molecule has 0 bridgehead atoms. The molecule has 0 unspecified atom stereocenters. The molecule has 1 aliphatic heterocycles. The zero-order valence-corrected chi connectivity index (χ0v) is 13.4. The van der Waals surface area contributed by atoms with Crippen LogP contribution in [0.2, 0.25) is 0 Å². The fourth-order valence-electron chi connectivity index (χ4n) is 4.69. The number of benzene rings is 2. The minimum absolute atomic E-state index is 0.566. The standard InChI is InChI=1S/C21H25N/c1-2-13-22-14-12-19-17-10-6-7-11-18(17)20(15-21(19)22)16-8-4-3-5-9-16/h3-11,19-21H,2,12-15H2,1H3/t19-,20+,21+/m1/s1. The Morgan fingerprint density at radius 3 is 2.45 bits per heavy atom. The van der Waals surface area contributed by atoms with Gasteiger partial charge in [0.25, 0.3) is 0 Å². The molecule has 22 heavy (non-hydrogen) atoms. The van der Waals surface area contributed by atoms with Crippen molar-refractivity contribution >= 4 is 0 Å². The van der Waals surface area contributed by atoms with Gasteiger partial charge in [-0.3, -0.25) is 4.90 Å². The molecule has 114 valence electrons. The molecule has 0 spiro atoms. The molecule has 0 radical (unpaired) electrons. The Bertz CT molecular complexity index is 633. The maximum absolute atomic E-state index is 2.75. The quantitative estimate of drug-likeness (QED) is 0.786. The van der Waals surface area contributed by atoms with Crippen LogP contribution in [0.25, 0.3) is 0 Å². The second-order valence-corrected chi connectivity index (χ2v) is 6.83. The van der Waals surface area contributed by atoms with Crippen LogP contribution in [0.4, 0.5) is 0 Å². The van der Waals surface area contributed by atoms with Gasteiger partial charge in [0, 0.05) is 17.9 Å². The Labute approximate surface area is 134 Å². The summed E-state index contributed by atoms with van der Waals surface area (Å²) in [6, 6.07) is 21.0. The van der Waals surface area contributed by atoms with E-state index < -0.39 is 0 Å². The normalized spacial score (nSPS) is 27.4. The third kappa shape index (κ3) is 2.28. The molecule has 0 aromatic heterocycles. The molecule has 1 heteroatoms. The highest BCUT2D eigenvalue weighted by atomic mass is 15.2. The largest absolute Gasteiger partial charge is 0.300 e. The van der Waals surface area contributed by atoms with Gasteiger partial charge in [-0.1, -0.05) is 61.5 Å². The smallest absolute Gasteiger partial charge is 0.0174 e. The second kappa shape index (κ2) is 5.89. The molecule has 3 atom stereocenters. The van der Waals surface area contributed by atoms with Crippen molar-refractivity contribution in [3.63, 3.8) is 0 Å². The summed E-state index contributed by atoms with van der Waals surface area (Å²) in [5.74, 6) is 1.32. The SMILES string of the molecule is CCCN1CC[C@@H]2c3ccccc3[C@H](c3ccccc3)C[C@@H]21.